The van der Waals surface area contributed by atoms with Gasteiger partial charge in [-0.1, -0.05) is 11.6 Å². The standard InChI is InChI=1S/C4H3ClFN2/c1-8-2-3(6)4(5)7-8/h1H3. The van der Waals surface area contributed by atoms with Gasteiger partial charge in [0.1, 0.15) is 6.20 Å². The molecule has 1 aromatic rings. The lowest BCUT2D eigenvalue weighted by molar-refractivity contribution is 0.622. The minimum absolute atomic E-state index is 0.132. The van der Waals surface area contributed by atoms with Crippen molar-refractivity contribution in [1.29, 1.82) is 0 Å². The number of nitrogens with zero attached hydrogens (tertiary/aromatic N) is 2. The fourth-order valence-electron chi connectivity index (χ4n) is 0.389. The van der Waals surface area contributed by atoms with Gasteiger partial charge in [-0.25, -0.2) is 4.39 Å². The van der Waals surface area contributed by atoms with Crippen LogP contribution in [0.15, 0.2) is 0 Å². The van der Waals surface area contributed by atoms with Gasteiger partial charge < -0.3 is 0 Å². The third kappa shape index (κ3) is 0.816. The molecular weight excluding hydrogens is 131 g/mol. The van der Waals surface area contributed by atoms with Gasteiger partial charge in [-0.2, -0.15) is 5.10 Å². The van der Waals surface area contributed by atoms with Crippen LogP contribution < -0.4 is 0 Å². The van der Waals surface area contributed by atoms with Gasteiger partial charge in [0.25, 0.3) is 0 Å². The molecule has 1 aromatic heterocycles. The molecule has 1 heterocycles. The normalized spacial score (nSPS) is 9.88. The van der Waals surface area contributed by atoms with Crippen molar-refractivity contribution in [2.24, 2.45) is 7.05 Å². The maximum Gasteiger partial charge on any atom is 0.189 e. The molecule has 2 nitrogen and oxygen atoms in total. The van der Waals surface area contributed by atoms with Crippen molar-refractivity contribution in [1.82, 2.24) is 9.78 Å². The van der Waals surface area contributed by atoms with E-state index in [-0.39, 0.29) is 5.15 Å². The second-order valence-electron chi connectivity index (χ2n) is 1.34. The largest absolute Gasteiger partial charge is 0.262 e. The molecule has 0 aliphatic heterocycles. The van der Waals surface area contributed by atoms with Gasteiger partial charge in [-0.3, -0.25) is 4.68 Å². The van der Waals surface area contributed by atoms with Gasteiger partial charge in [0.05, 0.1) is 0 Å². The van der Waals surface area contributed by atoms with Crippen LogP contribution in [-0.4, -0.2) is 9.78 Å². The lowest BCUT2D eigenvalue weighted by Gasteiger charge is -1.76. The van der Waals surface area contributed by atoms with E-state index in [9.17, 15) is 4.39 Å². The highest BCUT2D eigenvalue weighted by Gasteiger charge is 2.01. The van der Waals surface area contributed by atoms with Crippen LogP contribution in [0.4, 0.5) is 4.39 Å². The summed E-state index contributed by atoms with van der Waals surface area (Å²) in [5, 5.41) is 3.33. The molecule has 0 saturated heterocycles. The number of rotatable bonds is 0. The van der Waals surface area contributed by atoms with Crippen molar-refractivity contribution in [3.8, 4) is 0 Å². The first-order chi connectivity index (χ1) is 3.70. The number of aromatic nitrogens is 2. The highest BCUT2D eigenvalue weighted by atomic mass is 35.5. The Hall–Kier alpha value is -0.570. The molecule has 0 fully saturated rings. The number of aryl methyl sites for hydroxylation is 1. The molecule has 1 rings (SSSR count). The smallest absolute Gasteiger partial charge is 0.189 e. The summed E-state index contributed by atoms with van der Waals surface area (Å²) in [7, 11) is 1.55. The summed E-state index contributed by atoms with van der Waals surface area (Å²) >= 11 is 5.19. The van der Waals surface area contributed by atoms with Crippen LogP contribution in [0.5, 0.6) is 0 Å². The van der Waals surface area contributed by atoms with E-state index in [1.165, 1.54) is 4.68 Å². The Labute approximate surface area is 50.9 Å². The Bertz CT molecular complexity index is 176. The summed E-state index contributed by atoms with van der Waals surface area (Å²) in [5.41, 5.74) is 0. The molecule has 0 spiro atoms. The number of hydrogen-bond donors (Lipinski definition) is 0. The van der Waals surface area contributed by atoms with E-state index >= 15 is 0 Å². The van der Waals surface area contributed by atoms with Gasteiger partial charge in [-0.05, 0) is 0 Å². The third-order valence-corrected chi connectivity index (χ3v) is 0.920. The topological polar surface area (TPSA) is 17.8 Å². The highest BCUT2D eigenvalue weighted by molar-refractivity contribution is 6.29. The maximum atomic E-state index is 12.1. The Morgan fingerprint density at radius 1 is 1.88 bits per heavy atom. The fraction of sp³-hybridized carbons (Fsp3) is 0.250. The summed E-state index contributed by atoms with van der Waals surface area (Å²) in [6.07, 6.45) is 2.21. The Morgan fingerprint density at radius 2 is 2.50 bits per heavy atom. The lowest BCUT2D eigenvalue weighted by atomic mass is 10.7. The van der Waals surface area contributed by atoms with Gasteiger partial charge in [0.15, 0.2) is 11.0 Å². The molecule has 0 aromatic carbocycles. The van der Waals surface area contributed by atoms with Crippen LogP contribution in [0.3, 0.4) is 0 Å². The summed E-state index contributed by atoms with van der Waals surface area (Å²) in [4.78, 5) is 0. The number of halogens is 2. The Balaban J connectivity index is 3.14. The minimum atomic E-state index is -0.603. The van der Waals surface area contributed by atoms with Crippen LogP contribution in [0, 0.1) is 12.0 Å². The summed E-state index contributed by atoms with van der Waals surface area (Å²) in [5.74, 6) is -0.603. The van der Waals surface area contributed by atoms with Crippen LogP contribution in [0.1, 0.15) is 0 Å². The van der Waals surface area contributed by atoms with E-state index in [0.717, 1.165) is 0 Å². The molecule has 0 N–H and O–H groups in total. The van der Waals surface area contributed by atoms with Crippen LogP contribution in [0.2, 0.25) is 5.15 Å². The van der Waals surface area contributed by atoms with Crippen LogP contribution >= 0.6 is 11.6 Å². The van der Waals surface area contributed by atoms with E-state index in [2.05, 4.69) is 11.3 Å². The van der Waals surface area contributed by atoms with E-state index < -0.39 is 5.82 Å². The van der Waals surface area contributed by atoms with Gasteiger partial charge in [-0.15, -0.1) is 0 Å². The first-order valence-electron chi connectivity index (χ1n) is 1.97. The average Bonchev–Trinajstić information content (AvgIpc) is 1.85. The van der Waals surface area contributed by atoms with Crippen LogP contribution in [0.25, 0.3) is 0 Å². The molecule has 0 amide bonds. The lowest BCUT2D eigenvalue weighted by Crippen LogP contribution is -1.85. The van der Waals surface area contributed by atoms with Crippen LogP contribution in [-0.2, 0) is 7.05 Å². The van der Waals surface area contributed by atoms with Gasteiger partial charge >= 0.3 is 0 Å². The molecular formula is C4H3ClFN2. The summed E-state index contributed by atoms with van der Waals surface area (Å²) in [6.45, 7) is 0. The molecule has 8 heavy (non-hydrogen) atoms. The molecule has 43 valence electrons. The Kier molecular flexibility index (Phi) is 1.21. The SMILES string of the molecule is Cn1[c]c(F)c(Cl)n1. The zero-order valence-electron chi connectivity index (χ0n) is 4.15. The average molecular weight is 134 g/mol. The first kappa shape index (κ1) is 5.56. The van der Waals surface area contributed by atoms with E-state index in [4.69, 9.17) is 11.6 Å². The minimum Gasteiger partial charge on any atom is -0.262 e. The van der Waals surface area contributed by atoms with Gasteiger partial charge in [0, 0.05) is 7.05 Å². The highest BCUT2D eigenvalue weighted by Crippen LogP contribution is 2.07. The van der Waals surface area contributed by atoms with E-state index in [1.54, 1.807) is 7.05 Å². The fourth-order valence-corrected chi connectivity index (χ4v) is 0.544. The monoisotopic (exact) mass is 133 g/mol. The second-order valence-corrected chi connectivity index (χ2v) is 1.70. The van der Waals surface area contributed by atoms with Crippen molar-refractivity contribution < 1.29 is 4.39 Å². The molecule has 0 saturated carbocycles. The summed E-state index contributed by atoms with van der Waals surface area (Å²) in [6, 6.07) is 0. The van der Waals surface area contributed by atoms with Crippen molar-refractivity contribution in [3.05, 3.63) is 17.2 Å². The molecule has 4 heteroatoms. The van der Waals surface area contributed by atoms with Crippen molar-refractivity contribution in [2.45, 2.75) is 0 Å². The molecule has 0 aliphatic rings. The zero-order chi connectivity index (χ0) is 6.15. The zero-order valence-corrected chi connectivity index (χ0v) is 4.91. The van der Waals surface area contributed by atoms with Gasteiger partial charge in [0.2, 0.25) is 0 Å². The third-order valence-electron chi connectivity index (χ3n) is 0.679. The second kappa shape index (κ2) is 1.74. The predicted octanol–water partition coefficient (Wildman–Crippen LogP) is 1.01. The molecule has 0 unspecified atom stereocenters. The van der Waals surface area contributed by atoms with E-state index in [1.807, 2.05) is 0 Å². The molecule has 1 radical (unpaired) electrons. The summed E-state index contributed by atoms with van der Waals surface area (Å²) < 4.78 is 13.3. The number of hydrogen-bond acceptors (Lipinski definition) is 1. The van der Waals surface area contributed by atoms with E-state index in [0.29, 0.717) is 0 Å². The predicted molar refractivity (Wildman–Crippen MR) is 27.0 cm³/mol. The molecule has 0 bridgehead atoms. The maximum absolute atomic E-state index is 12.1. The van der Waals surface area contributed by atoms with Crippen molar-refractivity contribution in [3.63, 3.8) is 0 Å². The molecule has 0 atom stereocenters. The quantitative estimate of drug-likeness (QED) is 0.517. The first-order valence-corrected chi connectivity index (χ1v) is 2.35. The Morgan fingerprint density at radius 3 is 2.62 bits per heavy atom. The van der Waals surface area contributed by atoms with Crippen molar-refractivity contribution >= 4 is 11.6 Å². The van der Waals surface area contributed by atoms with Crippen molar-refractivity contribution in [2.75, 3.05) is 0 Å². The molecule has 0 aliphatic carbocycles.